The molecule has 24 heavy (non-hydrogen) atoms. The molecule has 0 heterocycles. The van der Waals surface area contributed by atoms with Crippen LogP contribution in [-0.4, -0.2) is 31.1 Å². The van der Waals surface area contributed by atoms with E-state index in [-0.39, 0.29) is 22.4 Å². The number of halogens is 6. The molecule has 0 aliphatic carbocycles. The van der Waals surface area contributed by atoms with Gasteiger partial charge in [-0.3, -0.25) is 0 Å². The highest BCUT2D eigenvalue weighted by Crippen LogP contribution is 2.36. The number of benzene rings is 1. The van der Waals surface area contributed by atoms with Crippen LogP contribution in [0.2, 0.25) is 10.0 Å². The molecule has 136 valence electrons. The minimum Gasteiger partial charge on any atom is -0.508 e. The van der Waals surface area contributed by atoms with Crippen LogP contribution in [0.4, 0.5) is 13.2 Å². The van der Waals surface area contributed by atoms with Gasteiger partial charge < -0.3 is 14.6 Å². The second kappa shape index (κ2) is 10.2. The summed E-state index contributed by atoms with van der Waals surface area (Å²) in [5, 5.41) is 8.55. The van der Waals surface area contributed by atoms with Gasteiger partial charge in [-0.05, 0) is 25.3 Å². The van der Waals surface area contributed by atoms with Crippen LogP contribution in [0, 0.1) is 0 Å². The van der Waals surface area contributed by atoms with Crippen molar-refractivity contribution in [1.29, 1.82) is 0 Å². The fourth-order valence-electron chi connectivity index (χ4n) is 1.67. The predicted octanol–water partition coefficient (Wildman–Crippen LogP) is 5.95. The van der Waals surface area contributed by atoms with E-state index in [4.69, 9.17) is 44.3 Å². The van der Waals surface area contributed by atoms with Crippen LogP contribution in [0.5, 0.6) is 11.5 Å². The molecule has 0 spiro atoms. The third-order valence-corrected chi connectivity index (χ3v) is 3.74. The molecule has 0 unspecified atom stereocenters. The van der Waals surface area contributed by atoms with Gasteiger partial charge in [-0.25, -0.2) is 0 Å². The summed E-state index contributed by atoms with van der Waals surface area (Å²) in [6.45, 7) is 0.497. The van der Waals surface area contributed by atoms with Crippen molar-refractivity contribution in [2.75, 3.05) is 19.8 Å². The van der Waals surface area contributed by atoms with Crippen LogP contribution in [0.3, 0.4) is 0 Å². The van der Waals surface area contributed by atoms with Gasteiger partial charge in [0, 0.05) is 18.7 Å². The van der Waals surface area contributed by atoms with Crippen molar-refractivity contribution in [1.82, 2.24) is 0 Å². The average Bonchev–Trinajstić information content (AvgIpc) is 2.46. The van der Waals surface area contributed by atoms with Crippen molar-refractivity contribution in [3.05, 3.63) is 33.3 Å². The number of phenols is 1. The second-order valence-electron chi connectivity index (χ2n) is 4.77. The quantitative estimate of drug-likeness (QED) is 0.514. The summed E-state index contributed by atoms with van der Waals surface area (Å²) in [6.07, 6.45) is -1.63. The SMILES string of the molecule is Oc1cc(Cl)c(OCCCCCOC/C=C(\Cl)C(F)(F)F)c(Cl)c1. The molecule has 1 N–H and O–H groups in total. The largest absolute Gasteiger partial charge is 0.508 e. The van der Waals surface area contributed by atoms with Crippen LogP contribution >= 0.6 is 34.8 Å². The number of allylic oxidation sites excluding steroid dienone is 1. The highest BCUT2D eigenvalue weighted by molar-refractivity contribution is 6.37. The van der Waals surface area contributed by atoms with Crippen molar-refractivity contribution in [3.8, 4) is 11.5 Å². The number of hydrogen-bond donors (Lipinski definition) is 1. The summed E-state index contributed by atoms with van der Waals surface area (Å²) in [4.78, 5) is 0. The molecule has 9 heteroatoms. The molecule has 0 radical (unpaired) electrons. The Kier molecular flexibility index (Phi) is 9.05. The first kappa shape index (κ1) is 21.2. The van der Waals surface area contributed by atoms with Gasteiger partial charge in [-0.1, -0.05) is 34.8 Å². The molecule has 1 rings (SSSR count). The van der Waals surface area contributed by atoms with E-state index >= 15 is 0 Å². The maximum absolute atomic E-state index is 12.1. The Morgan fingerprint density at radius 2 is 1.67 bits per heavy atom. The molecule has 0 saturated carbocycles. The topological polar surface area (TPSA) is 38.7 Å². The summed E-state index contributed by atoms with van der Waals surface area (Å²) in [6, 6.07) is 2.66. The Morgan fingerprint density at radius 1 is 1.08 bits per heavy atom. The van der Waals surface area contributed by atoms with Gasteiger partial charge in [-0.15, -0.1) is 0 Å². The minimum atomic E-state index is -4.53. The van der Waals surface area contributed by atoms with Crippen LogP contribution < -0.4 is 4.74 Å². The Labute approximate surface area is 152 Å². The molecule has 1 aromatic rings. The van der Waals surface area contributed by atoms with Crippen molar-refractivity contribution in [2.45, 2.75) is 25.4 Å². The van der Waals surface area contributed by atoms with E-state index in [0.29, 0.717) is 31.8 Å². The van der Waals surface area contributed by atoms with E-state index in [2.05, 4.69) is 0 Å². The number of rotatable bonds is 9. The normalized spacial score (nSPS) is 12.5. The number of hydrogen-bond acceptors (Lipinski definition) is 3. The van der Waals surface area contributed by atoms with Gasteiger partial charge >= 0.3 is 6.18 Å². The minimum absolute atomic E-state index is 0.0471. The average molecular weight is 408 g/mol. The molecule has 0 aromatic heterocycles. The van der Waals surface area contributed by atoms with Gasteiger partial charge in [0.25, 0.3) is 0 Å². The lowest BCUT2D eigenvalue weighted by atomic mass is 10.2. The van der Waals surface area contributed by atoms with E-state index in [1.807, 2.05) is 0 Å². The zero-order valence-corrected chi connectivity index (χ0v) is 14.8. The van der Waals surface area contributed by atoms with Crippen LogP contribution in [0.15, 0.2) is 23.2 Å². The molecule has 1 aromatic carbocycles. The number of ether oxygens (including phenoxy) is 2. The summed E-state index contributed by atoms with van der Waals surface area (Å²) in [5.74, 6) is 0.258. The fourth-order valence-corrected chi connectivity index (χ4v) is 2.32. The lowest BCUT2D eigenvalue weighted by Crippen LogP contribution is -2.08. The van der Waals surface area contributed by atoms with Crippen molar-refractivity contribution >= 4 is 34.8 Å². The number of phenolic OH excluding ortho intramolecular Hbond substituents is 1. The van der Waals surface area contributed by atoms with Gasteiger partial charge in [0.15, 0.2) is 5.75 Å². The highest BCUT2D eigenvalue weighted by atomic mass is 35.5. The van der Waals surface area contributed by atoms with E-state index in [1.54, 1.807) is 0 Å². The Balaban J connectivity index is 2.14. The molecule has 0 atom stereocenters. The van der Waals surface area contributed by atoms with Gasteiger partial charge in [0.05, 0.1) is 23.3 Å². The molecular weight excluding hydrogens is 392 g/mol. The van der Waals surface area contributed by atoms with Gasteiger partial charge in [0.2, 0.25) is 0 Å². The molecule has 0 bridgehead atoms. The first-order valence-electron chi connectivity index (χ1n) is 7.03. The molecular formula is C15H16Cl3F3O3. The van der Waals surface area contributed by atoms with Crippen molar-refractivity contribution in [2.24, 2.45) is 0 Å². The fraction of sp³-hybridized carbons (Fsp3) is 0.467. The van der Waals surface area contributed by atoms with E-state index in [1.165, 1.54) is 12.1 Å². The van der Waals surface area contributed by atoms with Gasteiger partial charge in [-0.2, -0.15) is 13.2 Å². The Bertz CT molecular complexity index is 540. The third kappa shape index (κ3) is 7.83. The van der Waals surface area contributed by atoms with Crippen LogP contribution in [0.1, 0.15) is 19.3 Å². The monoisotopic (exact) mass is 406 g/mol. The Morgan fingerprint density at radius 3 is 2.25 bits per heavy atom. The summed E-state index contributed by atoms with van der Waals surface area (Å²) in [5.41, 5.74) is 0. The Hall–Kier alpha value is -0.820. The molecule has 0 amide bonds. The summed E-state index contributed by atoms with van der Waals surface area (Å²) >= 11 is 16.8. The van der Waals surface area contributed by atoms with Crippen LogP contribution in [-0.2, 0) is 4.74 Å². The maximum atomic E-state index is 12.1. The summed E-state index contributed by atoms with van der Waals surface area (Å²) in [7, 11) is 0. The smallest absolute Gasteiger partial charge is 0.426 e. The summed E-state index contributed by atoms with van der Waals surface area (Å²) < 4.78 is 46.7. The first-order chi connectivity index (χ1) is 11.2. The molecule has 0 fully saturated rings. The standard InChI is InChI=1S/C15H16Cl3F3O3/c16-11-8-10(22)9-12(17)14(11)24-6-3-1-2-5-23-7-4-13(18)15(19,20)21/h4,8-9,22H,1-3,5-7H2/b13-4-. The van der Waals surface area contributed by atoms with Gasteiger partial charge in [0.1, 0.15) is 10.8 Å². The maximum Gasteiger partial charge on any atom is 0.426 e. The predicted molar refractivity (Wildman–Crippen MR) is 88.3 cm³/mol. The number of aromatic hydroxyl groups is 1. The zero-order valence-electron chi connectivity index (χ0n) is 12.5. The van der Waals surface area contributed by atoms with E-state index in [0.717, 1.165) is 12.5 Å². The lowest BCUT2D eigenvalue weighted by Gasteiger charge is -2.10. The number of alkyl halides is 3. The molecule has 0 aliphatic heterocycles. The number of unbranched alkanes of at least 4 members (excludes halogenated alkanes) is 2. The first-order valence-corrected chi connectivity index (χ1v) is 8.16. The van der Waals surface area contributed by atoms with E-state index in [9.17, 15) is 18.3 Å². The van der Waals surface area contributed by atoms with E-state index < -0.39 is 11.2 Å². The lowest BCUT2D eigenvalue weighted by molar-refractivity contribution is -0.0850. The molecule has 0 aliphatic rings. The third-order valence-electron chi connectivity index (χ3n) is 2.81. The van der Waals surface area contributed by atoms with Crippen molar-refractivity contribution in [3.63, 3.8) is 0 Å². The highest BCUT2D eigenvalue weighted by Gasteiger charge is 2.31. The molecule has 3 nitrogen and oxygen atoms in total. The second-order valence-corrected chi connectivity index (χ2v) is 5.99. The van der Waals surface area contributed by atoms with Crippen LogP contribution in [0.25, 0.3) is 0 Å². The zero-order chi connectivity index (χ0) is 18.2. The van der Waals surface area contributed by atoms with Crippen molar-refractivity contribution < 1.29 is 27.8 Å². The molecule has 0 saturated heterocycles.